The topological polar surface area (TPSA) is 116 Å². The number of nitro groups is 1. The second-order valence-electron chi connectivity index (χ2n) is 6.75. The van der Waals surface area contributed by atoms with Crippen LogP contribution in [0.2, 0.25) is 0 Å². The van der Waals surface area contributed by atoms with Crippen LogP contribution in [0, 0.1) is 17.0 Å². The van der Waals surface area contributed by atoms with Gasteiger partial charge in [-0.2, -0.15) is 0 Å². The standard InChI is InChI=1S/C22H24N2O6/c1-3-16-7-4-5-8-18(16)23-21(26)9-6-10-22(27)30-14-20(25)17-12-11-15(2)19(13-17)24(28)29/h4-5,7-8,11-13H,3,6,9-10,14H2,1-2H3,(H,23,26). The van der Waals surface area contributed by atoms with Gasteiger partial charge in [0.1, 0.15) is 0 Å². The average molecular weight is 412 g/mol. The van der Waals surface area contributed by atoms with Crippen molar-refractivity contribution in [3.05, 3.63) is 69.3 Å². The number of rotatable bonds is 10. The summed E-state index contributed by atoms with van der Waals surface area (Å²) >= 11 is 0. The van der Waals surface area contributed by atoms with E-state index >= 15 is 0 Å². The Morgan fingerprint density at radius 1 is 1.10 bits per heavy atom. The maximum absolute atomic E-state index is 12.1. The monoisotopic (exact) mass is 412 g/mol. The van der Waals surface area contributed by atoms with E-state index in [9.17, 15) is 24.5 Å². The van der Waals surface area contributed by atoms with Crippen molar-refractivity contribution in [2.45, 2.75) is 39.5 Å². The van der Waals surface area contributed by atoms with E-state index in [-0.39, 0.29) is 36.4 Å². The Bertz CT molecular complexity index is 954. The number of hydrogen-bond acceptors (Lipinski definition) is 6. The normalized spacial score (nSPS) is 10.3. The zero-order chi connectivity index (χ0) is 22.1. The van der Waals surface area contributed by atoms with Crippen LogP contribution in [0.25, 0.3) is 0 Å². The molecule has 2 aromatic carbocycles. The van der Waals surface area contributed by atoms with Crippen LogP contribution in [0.3, 0.4) is 0 Å². The minimum atomic E-state index is -0.605. The van der Waals surface area contributed by atoms with Gasteiger partial charge in [0.25, 0.3) is 5.69 Å². The Labute approximate surface area is 174 Å². The lowest BCUT2D eigenvalue weighted by atomic mass is 10.1. The number of hydrogen-bond donors (Lipinski definition) is 1. The van der Waals surface area contributed by atoms with Gasteiger partial charge in [-0.15, -0.1) is 0 Å². The maximum atomic E-state index is 12.1. The number of amides is 1. The van der Waals surface area contributed by atoms with Gasteiger partial charge in [-0.3, -0.25) is 24.5 Å². The van der Waals surface area contributed by atoms with Gasteiger partial charge in [0.05, 0.1) is 4.92 Å². The first-order chi connectivity index (χ1) is 14.3. The highest BCUT2D eigenvalue weighted by Gasteiger charge is 2.16. The Morgan fingerprint density at radius 3 is 2.53 bits per heavy atom. The van der Waals surface area contributed by atoms with Crippen LogP contribution in [0.4, 0.5) is 11.4 Å². The van der Waals surface area contributed by atoms with E-state index in [1.54, 1.807) is 6.92 Å². The Kier molecular flexibility index (Phi) is 8.22. The molecule has 0 heterocycles. The van der Waals surface area contributed by atoms with Crippen molar-refractivity contribution in [3.63, 3.8) is 0 Å². The molecule has 0 aliphatic rings. The van der Waals surface area contributed by atoms with Crippen LogP contribution >= 0.6 is 0 Å². The molecule has 2 aromatic rings. The average Bonchev–Trinajstić information content (AvgIpc) is 2.72. The molecule has 0 aliphatic heterocycles. The van der Waals surface area contributed by atoms with Crippen molar-refractivity contribution in [1.82, 2.24) is 0 Å². The first-order valence-corrected chi connectivity index (χ1v) is 9.63. The highest BCUT2D eigenvalue weighted by molar-refractivity contribution is 5.98. The number of carbonyl (C=O) groups is 3. The fourth-order valence-corrected chi connectivity index (χ4v) is 2.84. The fourth-order valence-electron chi connectivity index (χ4n) is 2.84. The van der Waals surface area contributed by atoms with Crippen molar-refractivity contribution in [3.8, 4) is 0 Å². The first-order valence-electron chi connectivity index (χ1n) is 9.63. The molecule has 0 saturated carbocycles. The summed E-state index contributed by atoms with van der Waals surface area (Å²) in [7, 11) is 0. The molecule has 1 amide bonds. The molecule has 0 unspecified atom stereocenters. The summed E-state index contributed by atoms with van der Waals surface area (Å²) in [4.78, 5) is 46.4. The van der Waals surface area contributed by atoms with Crippen molar-refractivity contribution in [2.24, 2.45) is 0 Å². The van der Waals surface area contributed by atoms with Crippen molar-refractivity contribution >= 4 is 29.0 Å². The van der Waals surface area contributed by atoms with Gasteiger partial charge in [0.15, 0.2) is 6.61 Å². The lowest BCUT2D eigenvalue weighted by Gasteiger charge is -2.09. The number of aryl methyl sites for hydroxylation is 2. The number of benzene rings is 2. The molecule has 1 N–H and O–H groups in total. The molecule has 8 nitrogen and oxygen atoms in total. The number of anilines is 1. The van der Waals surface area contributed by atoms with E-state index in [0.29, 0.717) is 5.56 Å². The summed E-state index contributed by atoms with van der Waals surface area (Å²) in [6, 6.07) is 11.6. The van der Waals surface area contributed by atoms with E-state index in [0.717, 1.165) is 17.7 Å². The lowest BCUT2D eigenvalue weighted by molar-refractivity contribution is -0.385. The molecule has 0 atom stereocenters. The molecule has 0 aliphatic carbocycles. The molecule has 0 fully saturated rings. The van der Waals surface area contributed by atoms with Crippen molar-refractivity contribution in [2.75, 3.05) is 11.9 Å². The van der Waals surface area contributed by atoms with E-state index in [1.807, 2.05) is 31.2 Å². The summed E-state index contributed by atoms with van der Waals surface area (Å²) in [6.07, 6.45) is 1.21. The van der Waals surface area contributed by atoms with Crippen LogP contribution in [-0.2, 0) is 20.7 Å². The second kappa shape index (κ2) is 10.8. The van der Waals surface area contributed by atoms with Gasteiger partial charge in [-0.25, -0.2) is 0 Å². The largest absolute Gasteiger partial charge is 0.457 e. The Hall–Kier alpha value is -3.55. The minimum absolute atomic E-state index is 0.00975. The molecular weight excluding hydrogens is 388 g/mol. The first kappa shape index (κ1) is 22.7. The number of ketones is 1. The molecule has 8 heteroatoms. The van der Waals surface area contributed by atoms with Crippen molar-refractivity contribution in [1.29, 1.82) is 0 Å². The predicted molar refractivity (Wildman–Crippen MR) is 111 cm³/mol. The van der Waals surface area contributed by atoms with E-state index < -0.39 is 23.3 Å². The van der Waals surface area contributed by atoms with Gasteiger partial charge < -0.3 is 10.1 Å². The van der Waals surface area contributed by atoms with E-state index in [2.05, 4.69) is 5.32 Å². The van der Waals surface area contributed by atoms with Crippen molar-refractivity contribution < 1.29 is 24.0 Å². The van der Waals surface area contributed by atoms with Gasteiger partial charge in [0.2, 0.25) is 11.7 Å². The third-order valence-electron chi connectivity index (χ3n) is 4.55. The maximum Gasteiger partial charge on any atom is 0.306 e. The van der Waals surface area contributed by atoms with E-state index in [4.69, 9.17) is 4.74 Å². The van der Waals surface area contributed by atoms with Gasteiger partial charge >= 0.3 is 5.97 Å². The zero-order valence-corrected chi connectivity index (χ0v) is 17.0. The molecular formula is C22H24N2O6. The number of carbonyl (C=O) groups excluding carboxylic acids is 3. The number of nitrogens with zero attached hydrogens (tertiary/aromatic N) is 1. The van der Waals surface area contributed by atoms with E-state index in [1.165, 1.54) is 18.2 Å². The quantitative estimate of drug-likeness (QED) is 0.273. The van der Waals surface area contributed by atoms with Crippen LogP contribution in [0.15, 0.2) is 42.5 Å². The number of Topliss-reactive ketones (excluding diaryl/α,β-unsaturated/α-hetero) is 1. The SMILES string of the molecule is CCc1ccccc1NC(=O)CCCC(=O)OCC(=O)c1ccc(C)c([N+](=O)[O-])c1. The smallest absolute Gasteiger partial charge is 0.306 e. The second-order valence-corrected chi connectivity index (χ2v) is 6.75. The predicted octanol–water partition coefficient (Wildman–Crippen LogP) is 4.00. The molecule has 30 heavy (non-hydrogen) atoms. The third-order valence-corrected chi connectivity index (χ3v) is 4.55. The number of para-hydroxylation sites is 1. The molecule has 2 rings (SSSR count). The number of esters is 1. The zero-order valence-electron chi connectivity index (χ0n) is 17.0. The summed E-state index contributed by atoms with van der Waals surface area (Å²) in [5.74, 6) is -1.33. The highest BCUT2D eigenvalue weighted by atomic mass is 16.6. The molecule has 0 saturated heterocycles. The number of nitrogens with one attached hydrogen (secondary N) is 1. The van der Waals surface area contributed by atoms with Crippen LogP contribution < -0.4 is 5.32 Å². The van der Waals surface area contributed by atoms with Crippen LogP contribution in [0.5, 0.6) is 0 Å². The summed E-state index contributed by atoms with van der Waals surface area (Å²) in [5.41, 5.74) is 2.16. The fraction of sp³-hybridized carbons (Fsp3) is 0.318. The lowest BCUT2D eigenvalue weighted by Crippen LogP contribution is -2.16. The highest BCUT2D eigenvalue weighted by Crippen LogP contribution is 2.20. The summed E-state index contributed by atoms with van der Waals surface area (Å²) in [5, 5.41) is 13.8. The minimum Gasteiger partial charge on any atom is -0.457 e. The van der Waals surface area contributed by atoms with Gasteiger partial charge in [-0.05, 0) is 31.4 Å². The molecule has 0 bridgehead atoms. The molecule has 0 radical (unpaired) electrons. The number of ether oxygens (including phenoxy) is 1. The number of nitro benzene ring substituents is 1. The summed E-state index contributed by atoms with van der Waals surface area (Å²) < 4.78 is 4.94. The van der Waals surface area contributed by atoms with Crippen LogP contribution in [0.1, 0.15) is 47.7 Å². The van der Waals surface area contributed by atoms with Gasteiger partial charge in [-0.1, -0.05) is 37.3 Å². The molecule has 0 spiro atoms. The molecule has 158 valence electrons. The van der Waals surface area contributed by atoms with Gasteiger partial charge in [0, 0.05) is 35.7 Å². The van der Waals surface area contributed by atoms with Crippen LogP contribution in [-0.4, -0.2) is 29.2 Å². The molecule has 0 aromatic heterocycles. The summed E-state index contributed by atoms with van der Waals surface area (Å²) in [6.45, 7) is 3.07. The Balaban J connectivity index is 1.76. The Morgan fingerprint density at radius 2 is 1.83 bits per heavy atom. The third kappa shape index (κ3) is 6.51.